The second-order valence-corrected chi connectivity index (χ2v) is 6.24. The van der Waals surface area contributed by atoms with E-state index in [1.807, 2.05) is 0 Å². The Hall–Kier alpha value is -1.77. The van der Waals surface area contributed by atoms with Gasteiger partial charge in [0.25, 0.3) is 0 Å². The summed E-state index contributed by atoms with van der Waals surface area (Å²) in [6.45, 7) is -0.160. The van der Waals surface area contributed by atoms with E-state index in [4.69, 9.17) is 5.11 Å². The van der Waals surface area contributed by atoms with Crippen LogP contribution in [0.15, 0.2) is 28.7 Å². The summed E-state index contributed by atoms with van der Waals surface area (Å²) >= 11 is 3.15. The summed E-state index contributed by atoms with van der Waals surface area (Å²) in [4.78, 5) is 24.5. The Labute approximate surface area is 138 Å². The number of nitrogens with zero attached hydrogens (tertiary/aromatic N) is 2. The van der Waals surface area contributed by atoms with Gasteiger partial charge in [0, 0.05) is 24.6 Å². The maximum absolute atomic E-state index is 13.4. The molecule has 23 heavy (non-hydrogen) atoms. The fraction of sp³-hybridized carbons (Fsp3) is 0.429. The van der Waals surface area contributed by atoms with Crippen LogP contribution in [0, 0.1) is 5.92 Å². The zero-order valence-corrected chi connectivity index (χ0v) is 13.6. The number of alkyl halides is 3. The van der Waals surface area contributed by atoms with E-state index in [9.17, 15) is 22.8 Å². The molecule has 0 spiro atoms. The van der Waals surface area contributed by atoms with Gasteiger partial charge in [0.05, 0.1) is 5.92 Å². The lowest BCUT2D eigenvalue weighted by atomic mass is 9.97. The third-order valence-electron chi connectivity index (χ3n) is 3.73. The van der Waals surface area contributed by atoms with Crippen molar-refractivity contribution in [3.8, 4) is 0 Å². The number of halogens is 4. The van der Waals surface area contributed by atoms with Crippen molar-refractivity contribution in [2.45, 2.75) is 12.2 Å². The van der Waals surface area contributed by atoms with E-state index in [1.54, 1.807) is 0 Å². The molecule has 1 heterocycles. The molecule has 1 aromatic rings. The number of amides is 2. The van der Waals surface area contributed by atoms with Gasteiger partial charge in [0.15, 0.2) is 6.04 Å². The minimum absolute atomic E-state index is 0.0500. The van der Waals surface area contributed by atoms with Crippen molar-refractivity contribution in [2.24, 2.45) is 5.92 Å². The van der Waals surface area contributed by atoms with Gasteiger partial charge in [-0.2, -0.15) is 13.2 Å². The molecule has 126 valence electrons. The molecule has 1 N–H and O–H groups in total. The van der Waals surface area contributed by atoms with Crippen molar-refractivity contribution < 1.29 is 27.9 Å². The van der Waals surface area contributed by atoms with Crippen molar-refractivity contribution >= 4 is 27.9 Å². The molecule has 0 radical (unpaired) electrons. The number of rotatable bonds is 3. The predicted octanol–water partition coefficient (Wildman–Crippen LogP) is 3.12. The summed E-state index contributed by atoms with van der Waals surface area (Å²) in [7, 11) is 1.09. The Morgan fingerprint density at radius 1 is 1.30 bits per heavy atom. The smallest absolute Gasteiger partial charge is 0.413 e. The van der Waals surface area contributed by atoms with Gasteiger partial charge < -0.3 is 14.9 Å². The van der Waals surface area contributed by atoms with Crippen LogP contribution in [0.2, 0.25) is 0 Å². The van der Waals surface area contributed by atoms with Crippen LogP contribution >= 0.6 is 15.9 Å². The first-order valence-electron chi connectivity index (χ1n) is 6.68. The molecule has 1 saturated heterocycles. The molecule has 9 heteroatoms. The van der Waals surface area contributed by atoms with E-state index in [1.165, 1.54) is 24.3 Å². The Balaban J connectivity index is 2.18. The lowest BCUT2D eigenvalue weighted by Crippen LogP contribution is -2.56. The second-order valence-electron chi connectivity index (χ2n) is 5.33. The summed E-state index contributed by atoms with van der Waals surface area (Å²) in [5, 5.41) is 8.73. The van der Waals surface area contributed by atoms with Gasteiger partial charge in [-0.3, -0.25) is 4.79 Å². The molecule has 2 amide bonds. The minimum atomic E-state index is -4.63. The van der Waals surface area contributed by atoms with Crippen LogP contribution in [0.3, 0.4) is 0 Å². The van der Waals surface area contributed by atoms with E-state index in [0.717, 1.165) is 11.9 Å². The van der Waals surface area contributed by atoms with Gasteiger partial charge in [0.2, 0.25) is 5.91 Å². The summed E-state index contributed by atoms with van der Waals surface area (Å²) < 4.78 is 40.8. The molecular weight excluding hydrogens is 381 g/mol. The van der Waals surface area contributed by atoms with Crippen molar-refractivity contribution in [1.82, 2.24) is 9.80 Å². The number of carbonyl (C=O) groups is 2. The summed E-state index contributed by atoms with van der Waals surface area (Å²) in [5.41, 5.74) is -0.0500. The Morgan fingerprint density at radius 2 is 1.83 bits per heavy atom. The normalized spacial score (nSPS) is 16.7. The summed E-state index contributed by atoms with van der Waals surface area (Å²) in [6.07, 6.45) is -5.81. The van der Waals surface area contributed by atoms with Crippen molar-refractivity contribution in [3.63, 3.8) is 0 Å². The van der Waals surface area contributed by atoms with Crippen LogP contribution in [0.4, 0.5) is 18.0 Å². The number of carbonyl (C=O) groups excluding carboxylic acids is 1. The predicted molar refractivity (Wildman–Crippen MR) is 78.8 cm³/mol. The van der Waals surface area contributed by atoms with Gasteiger partial charge in [-0.15, -0.1) is 0 Å². The van der Waals surface area contributed by atoms with E-state index in [0.29, 0.717) is 9.37 Å². The fourth-order valence-corrected chi connectivity index (χ4v) is 2.75. The molecule has 5 nitrogen and oxygen atoms in total. The monoisotopic (exact) mass is 394 g/mol. The van der Waals surface area contributed by atoms with Gasteiger partial charge >= 0.3 is 12.3 Å². The largest absolute Gasteiger partial charge is 0.465 e. The van der Waals surface area contributed by atoms with Crippen LogP contribution in [-0.2, 0) is 4.79 Å². The Morgan fingerprint density at radius 3 is 2.26 bits per heavy atom. The molecule has 1 aliphatic heterocycles. The highest BCUT2D eigenvalue weighted by Gasteiger charge is 2.48. The molecule has 1 aromatic carbocycles. The molecule has 1 atom stereocenters. The van der Waals surface area contributed by atoms with E-state index in [-0.39, 0.29) is 18.7 Å². The molecule has 2 rings (SSSR count). The molecule has 0 bridgehead atoms. The van der Waals surface area contributed by atoms with E-state index in [2.05, 4.69) is 15.9 Å². The first-order chi connectivity index (χ1) is 10.6. The number of likely N-dealkylation sites (tertiary alicyclic amines) is 1. The first-order valence-corrected chi connectivity index (χ1v) is 7.47. The van der Waals surface area contributed by atoms with Gasteiger partial charge in [-0.1, -0.05) is 28.1 Å². The van der Waals surface area contributed by atoms with Crippen molar-refractivity contribution in [1.29, 1.82) is 0 Å². The van der Waals surface area contributed by atoms with Gasteiger partial charge in [0.1, 0.15) is 0 Å². The quantitative estimate of drug-likeness (QED) is 0.856. The molecular formula is C14H14BrF3N2O3. The van der Waals surface area contributed by atoms with Crippen LogP contribution in [0.5, 0.6) is 0 Å². The van der Waals surface area contributed by atoms with Gasteiger partial charge in [-0.05, 0) is 17.7 Å². The van der Waals surface area contributed by atoms with Crippen molar-refractivity contribution in [2.75, 3.05) is 20.1 Å². The summed E-state index contributed by atoms with van der Waals surface area (Å²) in [5.74, 6) is -1.45. The van der Waals surface area contributed by atoms with Crippen LogP contribution in [0.25, 0.3) is 0 Å². The van der Waals surface area contributed by atoms with Crippen molar-refractivity contribution in [3.05, 3.63) is 34.3 Å². The lowest BCUT2D eigenvalue weighted by molar-refractivity contribution is -0.192. The molecule has 1 unspecified atom stereocenters. The third kappa shape index (κ3) is 3.77. The molecule has 0 aliphatic carbocycles. The SMILES string of the molecule is CN(C(=O)C1CN(C(=O)O)C1)C(c1ccc(Br)cc1)C(F)(F)F. The standard InChI is InChI=1S/C14H14BrF3N2O3/c1-19(12(21)9-6-20(7-9)13(22)23)11(14(16,17)18)8-2-4-10(15)5-3-8/h2-5,9,11H,6-7H2,1H3,(H,22,23). The number of benzene rings is 1. The van der Waals surface area contributed by atoms with Crippen LogP contribution in [-0.4, -0.2) is 53.2 Å². The Kier molecular flexibility index (Phi) is 4.88. The molecule has 1 aliphatic rings. The number of hydrogen-bond acceptors (Lipinski definition) is 2. The fourth-order valence-electron chi connectivity index (χ4n) is 2.48. The van der Waals surface area contributed by atoms with Crippen LogP contribution in [0.1, 0.15) is 11.6 Å². The number of hydrogen-bond donors (Lipinski definition) is 1. The van der Waals surface area contributed by atoms with E-state index >= 15 is 0 Å². The zero-order chi connectivity index (χ0) is 17.4. The lowest BCUT2D eigenvalue weighted by Gasteiger charge is -2.40. The van der Waals surface area contributed by atoms with E-state index < -0.39 is 30.1 Å². The molecule has 0 saturated carbocycles. The first kappa shape index (κ1) is 17.6. The zero-order valence-electron chi connectivity index (χ0n) is 12.0. The van der Waals surface area contributed by atoms with Crippen LogP contribution < -0.4 is 0 Å². The Bertz CT molecular complexity index is 600. The maximum atomic E-state index is 13.4. The topological polar surface area (TPSA) is 60.9 Å². The third-order valence-corrected chi connectivity index (χ3v) is 4.26. The second kappa shape index (κ2) is 6.38. The highest BCUT2D eigenvalue weighted by molar-refractivity contribution is 9.10. The maximum Gasteiger partial charge on any atom is 0.413 e. The highest BCUT2D eigenvalue weighted by atomic mass is 79.9. The molecule has 0 aromatic heterocycles. The average molecular weight is 395 g/mol. The number of carboxylic acid groups (broad SMARTS) is 1. The highest BCUT2D eigenvalue weighted by Crippen LogP contribution is 2.38. The molecule has 1 fully saturated rings. The minimum Gasteiger partial charge on any atom is -0.465 e. The summed E-state index contributed by atoms with van der Waals surface area (Å²) in [6, 6.07) is 3.48. The van der Waals surface area contributed by atoms with Gasteiger partial charge in [-0.25, -0.2) is 4.79 Å². The average Bonchev–Trinajstić information content (AvgIpc) is 2.37.